The van der Waals surface area contributed by atoms with Gasteiger partial charge in [-0.2, -0.15) is 0 Å². The quantitative estimate of drug-likeness (QED) is 0.425. The van der Waals surface area contributed by atoms with Crippen LogP contribution in [0.25, 0.3) is 0 Å². The molecule has 1 fully saturated rings. The van der Waals surface area contributed by atoms with E-state index in [1.807, 2.05) is 0 Å². The van der Waals surface area contributed by atoms with E-state index in [-0.39, 0.29) is 6.42 Å². The first-order chi connectivity index (χ1) is 5.52. The summed E-state index contributed by atoms with van der Waals surface area (Å²) in [6.45, 7) is 1.47. The fraction of sp³-hybridized carbons (Fsp3) is 0.571. The van der Waals surface area contributed by atoms with Gasteiger partial charge in [0.25, 0.3) is 0 Å². The minimum atomic E-state index is -0.975. The molecule has 1 saturated heterocycles. The van der Waals surface area contributed by atoms with Crippen molar-refractivity contribution in [3.05, 3.63) is 0 Å². The highest BCUT2D eigenvalue weighted by Crippen LogP contribution is 2.17. The van der Waals surface area contributed by atoms with Gasteiger partial charge in [-0.15, -0.1) is 0 Å². The van der Waals surface area contributed by atoms with Crippen molar-refractivity contribution in [2.75, 3.05) is 0 Å². The van der Waals surface area contributed by atoms with Crippen LogP contribution in [0.4, 0.5) is 0 Å². The van der Waals surface area contributed by atoms with Crippen LogP contribution in [-0.4, -0.2) is 23.8 Å². The van der Waals surface area contributed by atoms with Crippen LogP contribution in [0.3, 0.4) is 0 Å². The number of rotatable bonds is 2. The SMILES string of the molecule is C[C@H](N)C(=O)C1CC(=O)OC1=O. The molecule has 0 aromatic rings. The summed E-state index contributed by atoms with van der Waals surface area (Å²) in [5, 5.41) is 0. The van der Waals surface area contributed by atoms with Crippen molar-refractivity contribution in [1.82, 2.24) is 0 Å². The summed E-state index contributed by atoms with van der Waals surface area (Å²) >= 11 is 0. The van der Waals surface area contributed by atoms with Crippen molar-refractivity contribution >= 4 is 17.7 Å². The first-order valence-corrected chi connectivity index (χ1v) is 3.56. The highest BCUT2D eigenvalue weighted by atomic mass is 16.6. The van der Waals surface area contributed by atoms with Crippen LogP contribution in [0, 0.1) is 5.92 Å². The predicted molar refractivity (Wildman–Crippen MR) is 37.9 cm³/mol. The first kappa shape index (κ1) is 8.86. The lowest BCUT2D eigenvalue weighted by Gasteiger charge is -2.05. The molecular formula is C7H9NO4. The Morgan fingerprint density at radius 3 is 2.58 bits per heavy atom. The lowest BCUT2D eigenvalue weighted by molar-refractivity contribution is -0.153. The second-order valence-electron chi connectivity index (χ2n) is 2.74. The number of carbonyl (C=O) groups is 3. The van der Waals surface area contributed by atoms with Crippen LogP contribution in [0.15, 0.2) is 0 Å². The number of ketones is 1. The van der Waals surface area contributed by atoms with Crippen LogP contribution in [-0.2, 0) is 19.1 Å². The number of carbonyl (C=O) groups excluding carboxylic acids is 3. The molecule has 1 aliphatic heterocycles. The molecule has 1 unspecified atom stereocenters. The van der Waals surface area contributed by atoms with Crippen molar-refractivity contribution in [3.8, 4) is 0 Å². The third-order valence-electron chi connectivity index (χ3n) is 1.66. The maximum Gasteiger partial charge on any atom is 0.324 e. The number of cyclic esters (lactones) is 2. The van der Waals surface area contributed by atoms with Gasteiger partial charge in [-0.25, -0.2) is 0 Å². The maximum atomic E-state index is 11.1. The summed E-state index contributed by atoms with van der Waals surface area (Å²) in [4.78, 5) is 32.5. The third kappa shape index (κ3) is 1.50. The lowest BCUT2D eigenvalue weighted by Crippen LogP contribution is -2.34. The molecule has 0 radical (unpaired) electrons. The van der Waals surface area contributed by atoms with Crippen LogP contribution in [0.2, 0.25) is 0 Å². The number of nitrogens with two attached hydrogens (primary N) is 1. The predicted octanol–water partition coefficient (Wildman–Crippen LogP) is -1.01. The normalized spacial score (nSPS) is 25.3. The molecule has 0 amide bonds. The summed E-state index contributed by atoms with van der Waals surface area (Å²) in [5.74, 6) is -2.84. The smallest absolute Gasteiger partial charge is 0.324 e. The van der Waals surface area contributed by atoms with Gasteiger partial charge in [0.15, 0.2) is 5.78 Å². The van der Waals surface area contributed by atoms with Gasteiger partial charge in [-0.3, -0.25) is 14.4 Å². The molecule has 0 spiro atoms. The molecular weight excluding hydrogens is 162 g/mol. The second kappa shape index (κ2) is 3.02. The van der Waals surface area contributed by atoms with E-state index in [0.717, 1.165) is 0 Å². The van der Waals surface area contributed by atoms with E-state index < -0.39 is 29.7 Å². The monoisotopic (exact) mass is 171 g/mol. The molecule has 66 valence electrons. The molecule has 5 heteroatoms. The van der Waals surface area contributed by atoms with E-state index in [1.54, 1.807) is 0 Å². The molecule has 0 bridgehead atoms. The topological polar surface area (TPSA) is 86.5 Å². The Kier molecular flexibility index (Phi) is 2.23. The van der Waals surface area contributed by atoms with Crippen LogP contribution >= 0.6 is 0 Å². The highest BCUT2D eigenvalue weighted by Gasteiger charge is 2.39. The Morgan fingerprint density at radius 1 is 1.67 bits per heavy atom. The van der Waals surface area contributed by atoms with E-state index in [1.165, 1.54) is 6.92 Å². The molecule has 1 aliphatic rings. The minimum Gasteiger partial charge on any atom is -0.393 e. The number of hydrogen-bond acceptors (Lipinski definition) is 5. The summed E-state index contributed by atoms with van der Waals surface area (Å²) in [6, 6.07) is -0.728. The van der Waals surface area contributed by atoms with Crippen molar-refractivity contribution in [3.63, 3.8) is 0 Å². The highest BCUT2D eigenvalue weighted by molar-refractivity contribution is 6.10. The fourth-order valence-corrected chi connectivity index (χ4v) is 1.01. The summed E-state index contributed by atoms with van der Waals surface area (Å²) in [6.07, 6.45) is -0.167. The Morgan fingerprint density at radius 2 is 2.25 bits per heavy atom. The van der Waals surface area contributed by atoms with Crippen molar-refractivity contribution in [1.29, 1.82) is 0 Å². The number of ether oxygens (including phenoxy) is 1. The Balaban J connectivity index is 2.71. The van der Waals surface area contributed by atoms with Crippen LogP contribution in [0.5, 0.6) is 0 Å². The van der Waals surface area contributed by atoms with Gasteiger partial charge >= 0.3 is 11.9 Å². The Bertz CT molecular complexity index is 246. The van der Waals surface area contributed by atoms with Gasteiger partial charge in [0.05, 0.1) is 12.5 Å². The zero-order valence-electron chi connectivity index (χ0n) is 6.57. The molecule has 2 atom stereocenters. The van der Waals surface area contributed by atoms with Gasteiger partial charge in [0.2, 0.25) is 0 Å². The van der Waals surface area contributed by atoms with E-state index in [4.69, 9.17) is 5.73 Å². The first-order valence-electron chi connectivity index (χ1n) is 3.56. The molecule has 1 rings (SSSR count). The number of hydrogen-bond donors (Lipinski definition) is 1. The summed E-state index contributed by atoms with van der Waals surface area (Å²) in [7, 11) is 0. The average molecular weight is 171 g/mol. The Hall–Kier alpha value is -1.23. The van der Waals surface area contributed by atoms with E-state index >= 15 is 0 Å². The van der Waals surface area contributed by atoms with Gasteiger partial charge in [0, 0.05) is 0 Å². The molecule has 1 heterocycles. The van der Waals surface area contributed by atoms with Crippen LogP contribution < -0.4 is 5.73 Å². The zero-order chi connectivity index (χ0) is 9.30. The Labute approximate surface area is 68.9 Å². The van der Waals surface area contributed by atoms with Crippen molar-refractivity contribution < 1.29 is 19.1 Å². The molecule has 12 heavy (non-hydrogen) atoms. The second-order valence-corrected chi connectivity index (χ2v) is 2.74. The average Bonchev–Trinajstić information content (AvgIpc) is 2.28. The molecule has 0 aromatic heterocycles. The summed E-state index contributed by atoms with van der Waals surface area (Å²) in [5.41, 5.74) is 5.25. The van der Waals surface area contributed by atoms with E-state index in [0.29, 0.717) is 0 Å². The van der Waals surface area contributed by atoms with Gasteiger partial charge in [-0.1, -0.05) is 0 Å². The molecule has 0 saturated carbocycles. The van der Waals surface area contributed by atoms with Crippen LogP contribution in [0.1, 0.15) is 13.3 Å². The van der Waals surface area contributed by atoms with Gasteiger partial charge < -0.3 is 10.5 Å². The van der Waals surface area contributed by atoms with E-state index in [9.17, 15) is 14.4 Å². The zero-order valence-corrected chi connectivity index (χ0v) is 6.57. The van der Waals surface area contributed by atoms with E-state index in [2.05, 4.69) is 4.74 Å². The van der Waals surface area contributed by atoms with Gasteiger partial charge in [0.1, 0.15) is 5.92 Å². The van der Waals surface area contributed by atoms with Crippen molar-refractivity contribution in [2.45, 2.75) is 19.4 Å². The number of esters is 2. The largest absolute Gasteiger partial charge is 0.393 e. The maximum absolute atomic E-state index is 11.1. The minimum absolute atomic E-state index is 0.167. The molecule has 5 nitrogen and oxygen atoms in total. The lowest BCUT2D eigenvalue weighted by atomic mass is 9.98. The molecule has 2 N–H and O–H groups in total. The molecule has 0 aromatic carbocycles. The third-order valence-corrected chi connectivity index (χ3v) is 1.66. The summed E-state index contributed by atoms with van der Waals surface area (Å²) < 4.78 is 4.19. The fourth-order valence-electron chi connectivity index (χ4n) is 1.01. The molecule has 0 aliphatic carbocycles. The standard InChI is InChI=1S/C7H9NO4/c1-3(8)6(10)4-2-5(9)12-7(4)11/h3-4H,2,8H2,1H3/t3-,4?/m0/s1. The van der Waals surface area contributed by atoms with Gasteiger partial charge in [-0.05, 0) is 6.92 Å². The van der Waals surface area contributed by atoms with Crippen molar-refractivity contribution in [2.24, 2.45) is 11.7 Å². The number of Topliss-reactive ketones (excluding diaryl/α,β-unsaturated/α-hetero) is 1.